The largest absolute Gasteiger partial charge is 0.497 e. The number of benzene rings is 2. The predicted molar refractivity (Wildman–Crippen MR) is 114 cm³/mol. The lowest BCUT2D eigenvalue weighted by Crippen LogP contribution is -2.48. The molecule has 0 aliphatic heterocycles. The summed E-state index contributed by atoms with van der Waals surface area (Å²) < 4.78 is 10.4. The van der Waals surface area contributed by atoms with E-state index in [9.17, 15) is 14.4 Å². The molecule has 0 radical (unpaired) electrons. The lowest BCUT2D eigenvalue weighted by molar-refractivity contribution is -0.156. The van der Waals surface area contributed by atoms with Crippen LogP contribution in [0.1, 0.15) is 20.8 Å². The van der Waals surface area contributed by atoms with E-state index in [0.29, 0.717) is 17.1 Å². The average molecular weight is 413 g/mol. The van der Waals surface area contributed by atoms with Crippen molar-refractivity contribution >= 4 is 29.3 Å². The number of rotatable bonds is 8. The van der Waals surface area contributed by atoms with Crippen LogP contribution in [0.2, 0.25) is 0 Å². The van der Waals surface area contributed by atoms with Crippen LogP contribution in [0.3, 0.4) is 0 Å². The second-order valence-electron chi connectivity index (χ2n) is 6.98. The van der Waals surface area contributed by atoms with Gasteiger partial charge in [-0.2, -0.15) is 0 Å². The van der Waals surface area contributed by atoms with Crippen molar-refractivity contribution in [3.8, 4) is 5.75 Å². The monoisotopic (exact) mass is 413 g/mol. The molecule has 0 aliphatic carbocycles. The fraction of sp³-hybridized carbons (Fsp3) is 0.318. The summed E-state index contributed by atoms with van der Waals surface area (Å²) in [7, 11) is 1.55. The zero-order chi connectivity index (χ0) is 22.1. The maximum atomic E-state index is 12.6. The zero-order valence-electron chi connectivity index (χ0n) is 17.5. The summed E-state index contributed by atoms with van der Waals surface area (Å²) in [4.78, 5) is 37.1. The summed E-state index contributed by atoms with van der Waals surface area (Å²) in [6.07, 6.45) is -1.04. The number of nitrogens with one attached hydrogen (secondary N) is 3. The summed E-state index contributed by atoms with van der Waals surface area (Å²) >= 11 is 0. The SMILES string of the molecule is COc1ccc(NC(=O)[C@H](C)OC(=O)[C@H](NC(=O)Nc2ccccc2)C(C)C)cc1. The molecule has 0 spiro atoms. The molecule has 0 saturated heterocycles. The van der Waals surface area contributed by atoms with Gasteiger partial charge < -0.3 is 25.4 Å². The molecule has 0 bridgehead atoms. The molecule has 0 aliphatic rings. The van der Waals surface area contributed by atoms with Crippen molar-refractivity contribution in [1.82, 2.24) is 5.32 Å². The maximum Gasteiger partial charge on any atom is 0.329 e. The van der Waals surface area contributed by atoms with Crippen LogP contribution < -0.4 is 20.7 Å². The Bertz CT molecular complexity index is 853. The van der Waals surface area contributed by atoms with E-state index < -0.39 is 30.1 Å². The Morgan fingerprint density at radius 3 is 2.00 bits per heavy atom. The van der Waals surface area contributed by atoms with Gasteiger partial charge in [-0.25, -0.2) is 9.59 Å². The van der Waals surface area contributed by atoms with Crippen LogP contribution in [0.4, 0.5) is 16.2 Å². The Kier molecular flexibility index (Phi) is 8.22. The minimum Gasteiger partial charge on any atom is -0.497 e. The van der Waals surface area contributed by atoms with Crippen molar-refractivity contribution in [3.63, 3.8) is 0 Å². The number of methoxy groups -OCH3 is 1. The average Bonchev–Trinajstić information content (AvgIpc) is 2.72. The molecular weight excluding hydrogens is 386 g/mol. The third-order valence-electron chi connectivity index (χ3n) is 4.26. The summed E-state index contributed by atoms with van der Waals surface area (Å²) in [6, 6.07) is 14.2. The van der Waals surface area contributed by atoms with Gasteiger partial charge >= 0.3 is 12.0 Å². The normalized spacial score (nSPS) is 12.4. The van der Waals surface area contributed by atoms with Gasteiger partial charge in [-0.3, -0.25) is 4.79 Å². The molecule has 2 rings (SSSR count). The standard InChI is InChI=1S/C22H27N3O5/c1-14(2)19(25-22(28)24-16-8-6-5-7-9-16)21(27)30-15(3)20(26)23-17-10-12-18(29-4)13-11-17/h5-15,19H,1-4H3,(H,23,26)(H2,24,25,28)/t15-,19+/m0/s1. The fourth-order valence-corrected chi connectivity index (χ4v) is 2.55. The minimum atomic E-state index is -1.04. The molecule has 2 atom stereocenters. The van der Waals surface area contributed by atoms with E-state index in [1.54, 1.807) is 69.5 Å². The highest BCUT2D eigenvalue weighted by molar-refractivity contribution is 5.96. The van der Waals surface area contributed by atoms with Crippen molar-refractivity contribution < 1.29 is 23.9 Å². The molecule has 8 nitrogen and oxygen atoms in total. The molecule has 3 N–H and O–H groups in total. The lowest BCUT2D eigenvalue weighted by atomic mass is 10.0. The van der Waals surface area contributed by atoms with Crippen molar-refractivity contribution in [1.29, 1.82) is 0 Å². The Morgan fingerprint density at radius 2 is 1.43 bits per heavy atom. The van der Waals surface area contributed by atoms with Gasteiger partial charge in [0.15, 0.2) is 6.10 Å². The Hall–Kier alpha value is -3.55. The molecule has 160 valence electrons. The van der Waals surface area contributed by atoms with Crippen molar-refractivity contribution in [3.05, 3.63) is 54.6 Å². The number of urea groups is 1. The minimum absolute atomic E-state index is 0.240. The molecule has 0 aromatic heterocycles. The van der Waals surface area contributed by atoms with Crippen molar-refractivity contribution in [2.24, 2.45) is 5.92 Å². The summed E-state index contributed by atoms with van der Waals surface area (Å²) in [6.45, 7) is 5.02. The molecule has 3 amide bonds. The summed E-state index contributed by atoms with van der Waals surface area (Å²) in [5, 5.41) is 7.92. The van der Waals surface area contributed by atoms with E-state index in [2.05, 4.69) is 16.0 Å². The Morgan fingerprint density at radius 1 is 0.833 bits per heavy atom. The first-order valence-corrected chi connectivity index (χ1v) is 9.58. The lowest BCUT2D eigenvalue weighted by Gasteiger charge is -2.23. The highest BCUT2D eigenvalue weighted by atomic mass is 16.5. The van der Waals surface area contributed by atoms with E-state index in [0.717, 1.165) is 0 Å². The second kappa shape index (κ2) is 10.8. The maximum absolute atomic E-state index is 12.6. The quantitative estimate of drug-likeness (QED) is 0.575. The first-order valence-electron chi connectivity index (χ1n) is 9.58. The van der Waals surface area contributed by atoms with Crippen molar-refractivity contribution in [2.75, 3.05) is 17.7 Å². The van der Waals surface area contributed by atoms with Crippen LogP contribution in [0.15, 0.2) is 54.6 Å². The predicted octanol–water partition coefficient (Wildman–Crippen LogP) is 3.41. The molecule has 0 heterocycles. The zero-order valence-corrected chi connectivity index (χ0v) is 17.5. The molecular formula is C22H27N3O5. The van der Waals surface area contributed by atoms with Gasteiger partial charge in [0.05, 0.1) is 7.11 Å². The first-order chi connectivity index (χ1) is 14.3. The number of hydrogen-bond acceptors (Lipinski definition) is 5. The molecule has 0 unspecified atom stereocenters. The molecule has 2 aromatic carbocycles. The van der Waals surface area contributed by atoms with Gasteiger partial charge in [0.2, 0.25) is 0 Å². The third kappa shape index (κ3) is 6.80. The van der Waals surface area contributed by atoms with Gasteiger partial charge in [0.25, 0.3) is 5.91 Å². The number of carbonyl (C=O) groups excluding carboxylic acids is 3. The van der Waals surface area contributed by atoms with Crippen molar-refractivity contribution in [2.45, 2.75) is 32.9 Å². The van der Waals surface area contributed by atoms with Gasteiger partial charge in [-0.1, -0.05) is 32.0 Å². The highest BCUT2D eigenvalue weighted by Crippen LogP contribution is 2.16. The number of amides is 3. The summed E-state index contributed by atoms with van der Waals surface area (Å²) in [5.41, 5.74) is 1.14. The molecule has 2 aromatic rings. The molecule has 0 fully saturated rings. The topological polar surface area (TPSA) is 106 Å². The van der Waals surface area contributed by atoms with Gasteiger partial charge in [0.1, 0.15) is 11.8 Å². The smallest absolute Gasteiger partial charge is 0.329 e. The van der Waals surface area contributed by atoms with E-state index >= 15 is 0 Å². The van der Waals surface area contributed by atoms with Crippen LogP contribution in [-0.4, -0.2) is 37.2 Å². The van der Waals surface area contributed by atoms with E-state index in [1.807, 2.05) is 6.07 Å². The number of carbonyl (C=O) groups is 3. The molecule has 0 saturated carbocycles. The second-order valence-corrected chi connectivity index (χ2v) is 6.98. The van der Waals surface area contributed by atoms with Crippen LogP contribution in [0.5, 0.6) is 5.75 Å². The van der Waals surface area contributed by atoms with Gasteiger partial charge in [-0.05, 0) is 49.2 Å². The number of ether oxygens (including phenoxy) is 2. The van der Waals surface area contributed by atoms with Crippen LogP contribution in [0, 0.1) is 5.92 Å². The van der Waals surface area contributed by atoms with Gasteiger partial charge in [-0.15, -0.1) is 0 Å². The van der Waals surface area contributed by atoms with E-state index in [-0.39, 0.29) is 5.92 Å². The molecule has 8 heteroatoms. The number of esters is 1. The fourth-order valence-electron chi connectivity index (χ4n) is 2.55. The number of para-hydroxylation sites is 1. The number of anilines is 2. The number of hydrogen-bond donors (Lipinski definition) is 3. The Balaban J connectivity index is 1.92. The van der Waals surface area contributed by atoms with Crippen LogP contribution >= 0.6 is 0 Å². The molecule has 30 heavy (non-hydrogen) atoms. The first kappa shape index (κ1) is 22.7. The third-order valence-corrected chi connectivity index (χ3v) is 4.26. The Labute approximate surface area is 175 Å². The summed E-state index contributed by atoms with van der Waals surface area (Å²) in [5.74, 6) is -0.752. The van der Waals surface area contributed by atoms with Crippen LogP contribution in [0.25, 0.3) is 0 Å². The van der Waals surface area contributed by atoms with E-state index in [1.165, 1.54) is 6.92 Å². The van der Waals surface area contributed by atoms with Gasteiger partial charge in [0, 0.05) is 11.4 Å². The van der Waals surface area contributed by atoms with Crippen LogP contribution in [-0.2, 0) is 14.3 Å². The highest BCUT2D eigenvalue weighted by Gasteiger charge is 2.29. The van der Waals surface area contributed by atoms with E-state index in [4.69, 9.17) is 9.47 Å².